The number of anilines is 1. The van der Waals surface area contributed by atoms with E-state index < -0.39 is 5.25 Å². The second-order valence-electron chi connectivity index (χ2n) is 7.57. The Kier molecular flexibility index (Phi) is 7.44. The number of benzene rings is 3. The first-order valence-electron chi connectivity index (χ1n) is 10.9. The summed E-state index contributed by atoms with van der Waals surface area (Å²) in [6.07, 6.45) is 1.78. The van der Waals surface area contributed by atoms with Gasteiger partial charge in [0.1, 0.15) is 5.75 Å². The zero-order chi connectivity index (χ0) is 23.9. The predicted octanol–water partition coefficient (Wildman–Crippen LogP) is 5.93. The van der Waals surface area contributed by atoms with Gasteiger partial charge < -0.3 is 10.1 Å². The number of thioether (sulfide) groups is 1. The number of rotatable bonds is 9. The van der Waals surface area contributed by atoms with Crippen LogP contribution in [-0.2, 0) is 11.3 Å². The van der Waals surface area contributed by atoms with Gasteiger partial charge in [-0.2, -0.15) is 0 Å². The van der Waals surface area contributed by atoms with Gasteiger partial charge >= 0.3 is 0 Å². The first-order valence-corrected chi connectivity index (χ1v) is 11.8. The van der Waals surface area contributed by atoms with Gasteiger partial charge in [-0.05, 0) is 30.7 Å². The fourth-order valence-corrected chi connectivity index (χ4v) is 4.46. The van der Waals surface area contributed by atoms with Crippen molar-refractivity contribution >= 4 is 23.4 Å². The summed E-state index contributed by atoms with van der Waals surface area (Å²) in [6.45, 7) is 6.24. The van der Waals surface area contributed by atoms with Crippen LogP contribution in [-0.4, -0.2) is 33.0 Å². The number of hydrogen-bond donors (Lipinski definition) is 1. The zero-order valence-corrected chi connectivity index (χ0v) is 20.0. The Balaban J connectivity index is 1.56. The summed E-state index contributed by atoms with van der Waals surface area (Å²) in [5, 5.41) is 12.1. The number of para-hydroxylation sites is 2. The normalized spacial score (nSPS) is 11.6. The molecule has 7 heteroatoms. The van der Waals surface area contributed by atoms with E-state index in [4.69, 9.17) is 4.74 Å². The van der Waals surface area contributed by atoms with Crippen molar-refractivity contribution < 1.29 is 9.53 Å². The molecule has 1 heterocycles. The van der Waals surface area contributed by atoms with Gasteiger partial charge in [0.25, 0.3) is 0 Å². The lowest BCUT2D eigenvalue weighted by atomic mass is 10.0. The van der Waals surface area contributed by atoms with Crippen molar-refractivity contribution in [2.75, 3.05) is 12.4 Å². The van der Waals surface area contributed by atoms with Crippen molar-refractivity contribution in [1.29, 1.82) is 0 Å². The number of carbonyl (C=O) groups is 1. The Morgan fingerprint density at radius 1 is 1.03 bits per heavy atom. The molecule has 0 aliphatic heterocycles. The molecule has 1 amide bonds. The monoisotopic (exact) mass is 470 g/mol. The number of carbonyl (C=O) groups excluding carboxylic acids is 1. The smallest absolute Gasteiger partial charge is 0.237 e. The standard InChI is InChI=1S/C27H26N4O2S/c1-4-18-31-25(22-15-9-11-17-24(22)33-3)29-30-27(31)34-19(2)26(32)28-23-16-10-8-14-21(23)20-12-6-5-7-13-20/h4-17,19H,1,18H2,2-3H3,(H,28,32). The summed E-state index contributed by atoms with van der Waals surface area (Å²) in [4.78, 5) is 13.1. The maximum atomic E-state index is 13.1. The van der Waals surface area contributed by atoms with Gasteiger partial charge in [-0.3, -0.25) is 9.36 Å². The first kappa shape index (κ1) is 23.3. The SMILES string of the molecule is C=CCn1c(SC(C)C(=O)Nc2ccccc2-c2ccccc2)nnc1-c1ccccc1OC. The van der Waals surface area contributed by atoms with E-state index in [-0.39, 0.29) is 5.91 Å². The van der Waals surface area contributed by atoms with E-state index in [0.29, 0.717) is 23.3 Å². The summed E-state index contributed by atoms with van der Waals surface area (Å²) in [5.41, 5.74) is 3.63. The lowest BCUT2D eigenvalue weighted by molar-refractivity contribution is -0.115. The van der Waals surface area contributed by atoms with Crippen LogP contribution in [0, 0.1) is 0 Å². The van der Waals surface area contributed by atoms with E-state index in [1.54, 1.807) is 13.2 Å². The van der Waals surface area contributed by atoms with Crippen molar-refractivity contribution in [2.24, 2.45) is 0 Å². The maximum Gasteiger partial charge on any atom is 0.237 e. The van der Waals surface area contributed by atoms with Crippen LogP contribution < -0.4 is 10.1 Å². The summed E-state index contributed by atoms with van der Waals surface area (Å²) < 4.78 is 7.44. The minimum absolute atomic E-state index is 0.111. The Morgan fingerprint density at radius 3 is 2.44 bits per heavy atom. The minimum atomic E-state index is -0.401. The van der Waals surface area contributed by atoms with E-state index in [2.05, 4.69) is 22.1 Å². The molecule has 0 spiro atoms. The van der Waals surface area contributed by atoms with Gasteiger partial charge in [0, 0.05) is 17.8 Å². The van der Waals surface area contributed by atoms with E-state index in [9.17, 15) is 4.79 Å². The summed E-state index contributed by atoms with van der Waals surface area (Å²) >= 11 is 1.36. The van der Waals surface area contributed by atoms with E-state index >= 15 is 0 Å². The van der Waals surface area contributed by atoms with Crippen molar-refractivity contribution in [2.45, 2.75) is 23.9 Å². The molecule has 1 atom stereocenters. The molecule has 172 valence electrons. The van der Waals surface area contributed by atoms with Crippen LogP contribution in [0.1, 0.15) is 6.92 Å². The molecule has 34 heavy (non-hydrogen) atoms. The quantitative estimate of drug-likeness (QED) is 0.243. The van der Waals surface area contributed by atoms with Gasteiger partial charge in [0.2, 0.25) is 5.91 Å². The van der Waals surface area contributed by atoms with E-state index in [1.807, 2.05) is 90.4 Å². The molecule has 1 N–H and O–H groups in total. The molecular weight excluding hydrogens is 444 g/mol. The Hall–Kier alpha value is -3.84. The second-order valence-corrected chi connectivity index (χ2v) is 8.87. The van der Waals surface area contributed by atoms with Crippen LogP contribution in [0.3, 0.4) is 0 Å². The first-order chi connectivity index (χ1) is 16.6. The molecule has 0 aliphatic rings. The molecule has 3 aromatic carbocycles. The van der Waals surface area contributed by atoms with E-state index in [1.165, 1.54) is 11.8 Å². The maximum absolute atomic E-state index is 13.1. The van der Waals surface area contributed by atoms with Crippen molar-refractivity contribution in [1.82, 2.24) is 14.8 Å². The highest BCUT2D eigenvalue weighted by molar-refractivity contribution is 8.00. The molecule has 0 fully saturated rings. The molecule has 0 bridgehead atoms. The van der Waals surface area contributed by atoms with Crippen LogP contribution in [0.25, 0.3) is 22.5 Å². The average Bonchev–Trinajstić information content (AvgIpc) is 3.26. The molecule has 1 aromatic heterocycles. The minimum Gasteiger partial charge on any atom is -0.496 e. The average molecular weight is 471 g/mol. The number of allylic oxidation sites excluding steroid dienone is 1. The van der Waals surface area contributed by atoms with Gasteiger partial charge in [0.05, 0.1) is 17.9 Å². The van der Waals surface area contributed by atoms with E-state index in [0.717, 1.165) is 22.4 Å². The highest BCUT2D eigenvalue weighted by Gasteiger charge is 2.22. The molecule has 0 aliphatic carbocycles. The van der Waals surface area contributed by atoms with Gasteiger partial charge in [-0.15, -0.1) is 16.8 Å². The highest BCUT2D eigenvalue weighted by Crippen LogP contribution is 2.33. The fraction of sp³-hybridized carbons (Fsp3) is 0.148. The Morgan fingerprint density at radius 2 is 1.71 bits per heavy atom. The Labute approximate surface area is 203 Å². The molecular formula is C27H26N4O2S. The highest BCUT2D eigenvalue weighted by atomic mass is 32.2. The van der Waals surface area contributed by atoms with Crippen molar-refractivity contribution in [3.8, 4) is 28.3 Å². The third-order valence-corrected chi connectivity index (χ3v) is 6.38. The number of hydrogen-bond acceptors (Lipinski definition) is 5. The molecule has 4 aromatic rings. The zero-order valence-electron chi connectivity index (χ0n) is 19.1. The lowest BCUT2D eigenvalue weighted by Crippen LogP contribution is -2.23. The number of ether oxygens (including phenoxy) is 1. The predicted molar refractivity (Wildman–Crippen MR) is 138 cm³/mol. The number of nitrogens with one attached hydrogen (secondary N) is 1. The van der Waals surface area contributed by atoms with Crippen LogP contribution in [0.15, 0.2) is 96.7 Å². The number of aromatic nitrogens is 3. The number of nitrogens with zero attached hydrogens (tertiary/aromatic N) is 3. The lowest BCUT2D eigenvalue weighted by Gasteiger charge is -2.15. The molecule has 1 unspecified atom stereocenters. The fourth-order valence-electron chi connectivity index (χ4n) is 3.61. The van der Waals surface area contributed by atoms with Crippen LogP contribution >= 0.6 is 11.8 Å². The van der Waals surface area contributed by atoms with Crippen molar-refractivity contribution in [3.05, 3.63) is 91.5 Å². The van der Waals surface area contributed by atoms with Crippen LogP contribution in [0.5, 0.6) is 5.75 Å². The third kappa shape index (κ3) is 5.05. The summed E-state index contributed by atoms with van der Waals surface area (Å²) in [7, 11) is 1.63. The summed E-state index contributed by atoms with van der Waals surface area (Å²) in [5.74, 6) is 1.27. The molecule has 4 rings (SSSR count). The van der Waals surface area contributed by atoms with Gasteiger partial charge in [-0.1, -0.05) is 78.5 Å². The molecule has 0 saturated carbocycles. The second kappa shape index (κ2) is 10.9. The topological polar surface area (TPSA) is 69.0 Å². The van der Waals surface area contributed by atoms with Crippen LogP contribution in [0.4, 0.5) is 5.69 Å². The molecule has 6 nitrogen and oxygen atoms in total. The summed E-state index contributed by atoms with van der Waals surface area (Å²) in [6, 6.07) is 25.5. The number of methoxy groups -OCH3 is 1. The largest absolute Gasteiger partial charge is 0.496 e. The van der Waals surface area contributed by atoms with Gasteiger partial charge in [0.15, 0.2) is 11.0 Å². The van der Waals surface area contributed by atoms with Crippen LogP contribution in [0.2, 0.25) is 0 Å². The Bertz CT molecular complexity index is 1290. The molecule has 0 radical (unpaired) electrons. The third-order valence-electron chi connectivity index (χ3n) is 5.30. The van der Waals surface area contributed by atoms with Gasteiger partial charge in [-0.25, -0.2) is 0 Å². The number of amides is 1. The molecule has 0 saturated heterocycles. The van der Waals surface area contributed by atoms with Crippen molar-refractivity contribution in [3.63, 3.8) is 0 Å².